The van der Waals surface area contributed by atoms with Crippen molar-refractivity contribution in [2.45, 2.75) is 55.6 Å². The predicted octanol–water partition coefficient (Wildman–Crippen LogP) is 3.99. The van der Waals surface area contributed by atoms with Crippen molar-refractivity contribution in [2.75, 3.05) is 11.5 Å². The molecule has 43 heavy (non-hydrogen) atoms. The van der Waals surface area contributed by atoms with Gasteiger partial charge in [0.25, 0.3) is 5.92 Å². The van der Waals surface area contributed by atoms with Crippen LogP contribution in [-0.4, -0.2) is 56.4 Å². The van der Waals surface area contributed by atoms with Crippen molar-refractivity contribution in [3.05, 3.63) is 101 Å². The van der Waals surface area contributed by atoms with E-state index in [9.17, 15) is 39.1 Å². The molecule has 1 saturated carbocycles. The summed E-state index contributed by atoms with van der Waals surface area (Å²) < 4.78 is 58.2. The number of β-lactam (4-membered cyclic amide) rings is 1. The molecule has 1 aliphatic carbocycles. The molecule has 230 valence electrons. The molecule has 1 aliphatic heterocycles. The first-order valence-electron chi connectivity index (χ1n) is 14.1. The molecule has 0 unspecified atom stereocenters. The molecular formula is C32H33F4NO6. The molecule has 0 spiro atoms. The van der Waals surface area contributed by atoms with Gasteiger partial charge < -0.3 is 30.4 Å². The van der Waals surface area contributed by atoms with Crippen LogP contribution in [0.25, 0.3) is 0 Å². The van der Waals surface area contributed by atoms with Crippen LogP contribution in [0.15, 0.2) is 72.8 Å². The fourth-order valence-electron chi connectivity index (χ4n) is 6.28. The van der Waals surface area contributed by atoms with Gasteiger partial charge in [0.15, 0.2) is 0 Å². The van der Waals surface area contributed by atoms with Crippen LogP contribution in [0.1, 0.15) is 48.1 Å². The van der Waals surface area contributed by atoms with Crippen molar-refractivity contribution in [1.29, 1.82) is 0 Å². The van der Waals surface area contributed by atoms with Gasteiger partial charge in [-0.05, 0) is 66.8 Å². The summed E-state index contributed by atoms with van der Waals surface area (Å²) in [5, 5.41) is 50.7. The molecule has 11 heteroatoms. The number of aliphatic hydroxyl groups is 5. The fourth-order valence-corrected chi connectivity index (χ4v) is 6.28. The summed E-state index contributed by atoms with van der Waals surface area (Å²) >= 11 is 0. The smallest absolute Gasteiger partial charge is 0.278 e. The summed E-state index contributed by atoms with van der Waals surface area (Å²) in [5.41, 5.74) is 0.951. The number of alkyl halides is 2. The van der Waals surface area contributed by atoms with E-state index in [1.165, 1.54) is 77.7 Å². The van der Waals surface area contributed by atoms with Crippen LogP contribution in [0.4, 0.5) is 23.2 Å². The first-order chi connectivity index (χ1) is 20.4. The highest BCUT2D eigenvalue weighted by Gasteiger charge is 2.54. The van der Waals surface area contributed by atoms with Gasteiger partial charge >= 0.3 is 0 Å². The minimum Gasteiger partial charge on any atom is -0.396 e. The second-order valence-electron chi connectivity index (χ2n) is 11.4. The van der Waals surface area contributed by atoms with Crippen LogP contribution >= 0.6 is 0 Å². The minimum absolute atomic E-state index is 0.172. The number of nitrogens with zero attached hydrogens (tertiary/aromatic N) is 1. The summed E-state index contributed by atoms with van der Waals surface area (Å²) in [5.74, 6) is -8.30. The minimum atomic E-state index is -3.63. The molecule has 0 aromatic heterocycles. The van der Waals surface area contributed by atoms with Gasteiger partial charge in [-0.1, -0.05) is 36.4 Å². The lowest BCUT2D eigenvalue weighted by molar-refractivity contribution is -0.202. The average Bonchev–Trinajstić information content (AvgIpc) is 3.00. The Labute approximate surface area is 245 Å². The zero-order valence-electron chi connectivity index (χ0n) is 23.0. The van der Waals surface area contributed by atoms with Crippen LogP contribution in [0.3, 0.4) is 0 Å². The molecule has 0 radical (unpaired) electrons. The zero-order chi connectivity index (χ0) is 31.1. The lowest BCUT2D eigenvalue weighted by Crippen LogP contribution is -2.56. The third kappa shape index (κ3) is 5.92. The Bertz CT molecular complexity index is 1400. The Morgan fingerprint density at radius 2 is 1.42 bits per heavy atom. The van der Waals surface area contributed by atoms with Crippen LogP contribution in [0.2, 0.25) is 0 Å². The molecule has 3 aromatic rings. The van der Waals surface area contributed by atoms with Gasteiger partial charge in [-0.2, -0.15) is 0 Å². The standard InChI is InChI=1S/C32H33F4NO6/c33-21-7-3-17(4-8-21)26(39)14-13-24-27(37(31(24)43)23-11-9-22(34)10-12-23)18-1-5-20(6-2-18)32(35,36)25-15-19(16-38)28(40)30(42)29(25)41/h1-12,19,24-30,38-42H,13-16H2/t19-,24-,25-,26+,27-,28-,29+,30+/m1/s1. The maximum atomic E-state index is 15.7. The summed E-state index contributed by atoms with van der Waals surface area (Å²) in [6.45, 7) is -0.636. The number of carbonyl (C=O) groups excluding carboxylic acids is 1. The summed E-state index contributed by atoms with van der Waals surface area (Å²) in [7, 11) is 0. The second kappa shape index (κ2) is 12.3. The van der Waals surface area contributed by atoms with Crippen LogP contribution < -0.4 is 4.90 Å². The van der Waals surface area contributed by atoms with E-state index in [1.54, 1.807) is 0 Å². The van der Waals surface area contributed by atoms with Crippen LogP contribution in [0, 0.1) is 29.4 Å². The van der Waals surface area contributed by atoms with E-state index >= 15 is 8.78 Å². The van der Waals surface area contributed by atoms with Gasteiger partial charge in [0.2, 0.25) is 5.91 Å². The quantitative estimate of drug-likeness (QED) is 0.186. The van der Waals surface area contributed by atoms with Crippen molar-refractivity contribution < 1.29 is 47.9 Å². The Morgan fingerprint density at radius 1 is 0.837 bits per heavy atom. The number of benzene rings is 3. The van der Waals surface area contributed by atoms with Crippen molar-refractivity contribution in [3.8, 4) is 0 Å². The van der Waals surface area contributed by atoms with E-state index < -0.39 is 84.4 Å². The summed E-state index contributed by atoms with van der Waals surface area (Å²) in [6.07, 6.45) is -6.30. The van der Waals surface area contributed by atoms with E-state index in [2.05, 4.69) is 0 Å². The number of aliphatic hydroxyl groups excluding tert-OH is 5. The highest BCUT2D eigenvalue weighted by atomic mass is 19.3. The average molecular weight is 604 g/mol. The van der Waals surface area contributed by atoms with Gasteiger partial charge in [0.05, 0.1) is 36.2 Å². The first kappa shape index (κ1) is 31.1. The van der Waals surface area contributed by atoms with E-state index in [1.807, 2.05) is 0 Å². The molecule has 5 N–H and O–H groups in total. The highest BCUT2D eigenvalue weighted by molar-refractivity contribution is 6.03. The maximum Gasteiger partial charge on any atom is 0.278 e. The highest BCUT2D eigenvalue weighted by Crippen LogP contribution is 2.49. The predicted molar refractivity (Wildman–Crippen MR) is 148 cm³/mol. The SMILES string of the molecule is O=C1[C@H](CC[C@H](O)c2ccc(F)cc2)[C@@H](c2ccc(C(F)(F)[C@@H]3C[C@H](CO)[C@@H](O)[C@H](O)[C@H]3O)cc2)N1c1ccc(F)cc1. The molecule has 2 aliphatic rings. The van der Waals surface area contributed by atoms with Crippen molar-refractivity contribution in [2.24, 2.45) is 17.8 Å². The molecule has 5 rings (SSSR count). The lowest BCUT2D eigenvalue weighted by Gasteiger charge is -2.48. The molecule has 1 saturated heterocycles. The van der Waals surface area contributed by atoms with Gasteiger partial charge in [-0.25, -0.2) is 17.6 Å². The first-order valence-corrected chi connectivity index (χ1v) is 14.1. The number of amides is 1. The largest absolute Gasteiger partial charge is 0.396 e. The van der Waals surface area contributed by atoms with E-state index in [0.717, 1.165) is 0 Å². The Hall–Kier alpha value is -3.35. The van der Waals surface area contributed by atoms with Crippen molar-refractivity contribution in [3.63, 3.8) is 0 Å². The number of carbonyl (C=O) groups is 1. The Kier molecular flexibility index (Phi) is 8.92. The van der Waals surface area contributed by atoms with Gasteiger partial charge in [-0.15, -0.1) is 0 Å². The molecule has 8 atom stereocenters. The van der Waals surface area contributed by atoms with Gasteiger partial charge in [0, 0.05) is 23.8 Å². The third-order valence-corrected chi connectivity index (χ3v) is 8.81. The molecule has 1 heterocycles. The second-order valence-corrected chi connectivity index (χ2v) is 11.4. The molecular weight excluding hydrogens is 570 g/mol. The number of rotatable bonds is 9. The van der Waals surface area contributed by atoms with Crippen LogP contribution in [0.5, 0.6) is 0 Å². The van der Waals surface area contributed by atoms with E-state index in [0.29, 0.717) is 16.8 Å². The van der Waals surface area contributed by atoms with E-state index in [-0.39, 0.29) is 18.7 Å². The number of hydrogen-bond donors (Lipinski definition) is 5. The number of halogens is 4. The van der Waals surface area contributed by atoms with E-state index in [4.69, 9.17) is 0 Å². The van der Waals surface area contributed by atoms with Gasteiger partial charge in [0.1, 0.15) is 17.7 Å². The fraction of sp³-hybridized carbons (Fsp3) is 0.406. The lowest BCUT2D eigenvalue weighted by atomic mass is 9.72. The molecule has 3 aromatic carbocycles. The summed E-state index contributed by atoms with van der Waals surface area (Å²) in [6, 6.07) is 15.2. The van der Waals surface area contributed by atoms with Crippen molar-refractivity contribution in [1.82, 2.24) is 0 Å². The molecule has 1 amide bonds. The third-order valence-electron chi connectivity index (χ3n) is 8.81. The monoisotopic (exact) mass is 603 g/mol. The van der Waals surface area contributed by atoms with Crippen LogP contribution in [-0.2, 0) is 10.7 Å². The molecule has 0 bridgehead atoms. The molecule has 2 fully saturated rings. The summed E-state index contributed by atoms with van der Waals surface area (Å²) in [4.78, 5) is 14.7. The number of anilines is 1. The van der Waals surface area contributed by atoms with Crippen molar-refractivity contribution >= 4 is 11.6 Å². The zero-order valence-corrected chi connectivity index (χ0v) is 23.0. The normalized spacial score (nSPS) is 28.4. The Morgan fingerprint density at radius 3 is 2.00 bits per heavy atom. The topological polar surface area (TPSA) is 121 Å². The molecule has 7 nitrogen and oxygen atoms in total. The maximum absolute atomic E-state index is 15.7. The number of hydrogen-bond acceptors (Lipinski definition) is 6. The Balaban J connectivity index is 1.39. The van der Waals surface area contributed by atoms with Gasteiger partial charge in [-0.3, -0.25) is 4.79 Å².